The Kier molecular flexibility index (Phi) is 5.19. The summed E-state index contributed by atoms with van der Waals surface area (Å²) in [6.45, 7) is 3.74. The third-order valence-electron chi connectivity index (χ3n) is 6.28. The molecule has 1 saturated heterocycles. The van der Waals surface area contributed by atoms with Gasteiger partial charge in [0.1, 0.15) is 11.6 Å². The molecule has 0 saturated carbocycles. The Morgan fingerprint density at radius 1 is 1.16 bits per heavy atom. The van der Waals surface area contributed by atoms with Crippen molar-refractivity contribution in [2.24, 2.45) is 5.92 Å². The van der Waals surface area contributed by atoms with E-state index in [2.05, 4.69) is 41.1 Å². The van der Waals surface area contributed by atoms with Crippen LogP contribution in [0.4, 0.5) is 11.8 Å². The largest absolute Gasteiger partial charge is 0.373 e. The number of nitrogens with zero attached hydrogens (tertiary/aromatic N) is 6. The topological polar surface area (TPSA) is 95.0 Å². The molecule has 2 aliphatic heterocycles. The minimum Gasteiger partial charge on any atom is -0.373 e. The second kappa shape index (κ2) is 8.14. The van der Waals surface area contributed by atoms with Crippen molar-refractivity contribution in [1.82, 2.24) is 29.4 Å². The van der Waals surface area contributed by atoms with Crippen LogP contribution in [-0.4, -0.2) is 56.6 Å². The fourth-order valence-corrected chi connectivity index (χ4v) is 4.90. The highest BCUT2D eigenvalue weighted by Gasteiger charge is 2.36. The lowest BCUT2D eigenvalue weighted by atomic mass is 9.83. The lowest BCUT2D eigenvalue weighted by Crippen LogP contribution is -2.48. The van der Waals surface area contributed by atoms with E-state index < -0.39 is 0 Å². The summed E-state index contributed by atoms with van der Waals surface area (Å²) in [6.07, 6.45) is 6.47. The molecule has 0 aromatic carbocycles. The first kappa shape index (κ1) is 19.7. The van der Waals surface area contributed by atoms with Crippen LogP contribution in [0.25, 0.3) is 0 Å². The third kappa shape index (κ3) is 3.93. The number of pyridine rings is 1. The SMILES string of the molecule is CNc1ccnc(N2C[C@@H]3C[C@H](C2)c2ccc(CN(C)Cc4ncc[nH]4)c(=O)n2C3)n1. The minimum atomic E-state index is 0.139. The molecule has 3 aromatic rings. The number of nitrogens with one attached hydrogen (secondary N) is 2. The van der Waals surface area contributed by atoms with Gasteiger partial charge in [-0.3, -0.25) is 9.69 Å². The molecule has 162 valence electrons. The number of hydrogen-bond acceptors (Lipinski definition) is 7. The molecule has 0 aliphatic carbocycles. The summed E-state index contributed by atoms with van der Waals surface area (Å²) in [4.78, 5) is 34.1. The average molecular weight is 421 g/mol. The highest BCUT2D eigenvalue weighted by molar-refractivity contribution is 5.42. The fraction of sp³-hybridized carbons (Fsp3) is 0.455. The van der Waals surface area contributed by atoms with Gasteiger partial charge in [0.05, 0.1) is 6.54 Å². The third-order valence-corrected chi connectivity index (χ3v) is 6.28. The van der Waals surface area contributed by atoms with Gasteiger partial charge in [-0.05, 0) is 31.5 Å². The zero-order chi connectivity index (χ0) is 21.4. The van der Waals surface area contributed by atoms with Gasteiger partial charge < -0.3 is 19.8 Å². The molecule has 9 heteroatoms. The molecule has 2 N–H and O–H groups in total. The first-order valence-corrected chi connectivity index (χ1v) is 10.8. The smallest absolute Gasteiger partial charge is 0.255 e. The minimum absolute atomic E-state index is 0.139. The molecule has 1 fully saturated rings. The number of imidazole rings is 1. The van der Waals surface area contributed by atoms with E-state index in [-0.39, 0.29) is 5.56 Å². The maximum Gasteiger partial charge on any atom is 0.255 e. The van der Waals surface area contributed by atoms with E-state index in [1.54, 1.807) is 12.4 Å². The standard InChI is InChI=1S/C22H28N8O/c1-23-19-5-6-26-22(27-19)29-10-15-9-17(13-29)18-4-3-16(21(31)30(18)11-15)12-28(2)14-20-24-7-8-25-20/h3-8,15,17H,9-14H2,1-2H3,(H,24,25)(H,23,26,27)/t15-,17+/m0/s1. The predicted molar refractivity (Wildman–Crippen MR) is 119 cm³/mol. The van der Waals surface area contributed by atoms with E-state index in [9.17, 15) is 4.79 Å². The summed E-state index contributed by atoms with van der Waals surface area (Å²) in [7, 11) is 3.88. The highest BCUT2D eigenvalue weighted by atomic mass is 16.1. The Labute approximate surface area is 181 Å². The maximum absolute atomic E-state index is 13.3. The van der Waals surface area contributed by atoms with E-state index >= 15 is 0 Å². The number of piperidine rings is 1. The molecule has 0 amide bonds. The van der Waals surface area contributed by atoms with Crippen LogP contribution >= 0.6 is 0 Å². The van der Waals surface area contributed by atoms with Gasteiger partial charge >= 0.3 is 0 Å². The first-order chi connectivity index (χ1) is 15.1. The van der Waals surface area contributed by atoms with Crippen molar-refractivity contribution < 1.29 is 0 Å². The predicted octanol–water partition coefficient (Wildman–Crippen LogP) is 1.66. The Bertz CT molecular complexity index is 1110. The van der Waals surface area contributed by atoms with Crippen molar-refractivity contribution in [3.05, 3.63) is 64.2 Å². The molecule has 5 heterocycles. The van der Waals surface area contributed by atoms with Gasteiger partial charge in [0, 0.05) is 69.0 Å². The molecule has 3 aromatic heterocycles. The lowest BCUT2D eigenvalue weighted by Gasteiger charge is -2.43. The molecule has 0 unspecified atom stereocenters. The van der Waals surface area contributed by atoms with Crippen LogP contribution in [0.2, 0.25) is 0 Å². The van der Waals surface area contributed by atoms with Crippen LogP contribution in [-0.2, 0) is 19.6 Å². The van der Waals surface area contributed by atoms with Crippen LogP contribution in [0.5, 0.6) is 0 Å². The van der Waals surface area contributed by atoms with Crippen LogP contribution in [0, 0.1) is 5.92 Å². The Morgan fingerprint density at radius 2 is 2.06 bits per heavy atom. The van der Waals surface area contributed by atoms with Gasteiger partial charge in [0.25, 0.3) is 5.56 Å². The van der Waals surface area contributed by atoms with Crippen LogP contribution < -0.4 is 15.8 Å². The lowest BCUT2D eigenvalue weighted by molar-refractivity contribution is 0.274. The van der Waals surface area contributed by atoms with Crippen molar-refractivity contribution in [2.75, 3.05) is 37.4 Å². The van der Waals surface area contributed by atoms with Crippen molar-refractivity contribution in [3.63, 3.8) is 0 Å². The number of H-pyrrole nitrogens is 1. The first-order valence-electron chi connectivity index (χ1n) is 10.8. The maximum atomic E-state index is 13.3. The van der Waals surface area contributed by atoms with Gasteiger partial charge in [-0.25, -0.2) is 9.97 Å². The van der Waals surface area contributed by atoms with Crippen molar-refractivity contribution in [1.29, 1.82) is 0 Å². The van der Waals surface area contributed by atoms with Gasteiger partial charge in [-0.2, -0.15) is 4.98 Å². The molecule has 0 spiro atoms. The molecular weight excluding hydrogens is 392 g/mol. The Morgan fingerprint density at radius 3 is 2.87 bits per heavy atom. The van der Waals surface area contributed by atoms with Crippen molar-refractivity contribution in [3.8, 4) is 0 Å². The van der Waals surface area contributed by atoms with Gasteiger partial charge in [0.2, 0.25) is 5.95 Å². The highest BCUT2D eigenvalue weighted by Crippen LogP contribution is 2.36. The molecule has 9 nitrogen and oxygen atoms in total. The zero-order valence-electron chi connectivity index (χ0n) is 18.0. The molecule has 2 atom stereocenters. The number of hydrogen-bond donors (Lipinski definition) is 2. The summed E-state index contributed by atoms with van der Waals surface area (Å²) in [5, 5.41) is 3.08. The van der Waals surface area contributed by atoms with Crippen molar-refractivity contribution in [2.45, 2.75) is 32.0 Å². The summed E-state index contributed by atoms with van der Waals surface area (Å²) >= 11 is 0. The van der Waals surface area contributed by atoms with Gasteiger partial charge in [-0.15, -0.1) is 0 Å². The number of aromatic nitrogens is 5. The number of aromatic amines is 1. The van der Waals surface area contributed by atoms with Crippen molar-refractivity contribution >= 4 is 11.8 Å². The molecule has 5 rings (SSSR count). The van der Waals surface area contributed by atoms with Crippen LogP contribution in [0.3, 0.4) is 0 Å². The van der Waals surface area contributed by atoms with E-state index in [0.717, 1.165) is 54.9 Å². The normalized spacial score (nSPS) is 20.0. The molecular formula is C22H28N8O. The van der Waals surface area contributed by atoms with Gasteiger partial charge in [-0.1, -0.05) is 6.07 Å². The molecule has 2 aliphatic rings. The number of fused-ring (bicyclic) bond motifs is 4. The van der Waals surface area contributed by atoms with Gasteiger partial charge in [0.15, 0.2) is 0 Å². The molecule has 0 radical (unpaired) electrons. The molecule has 2 bridgehead atoms. The number of anilines is 2. The van der Waals surface area contributed by atoms with E-state index in [0.29, 0.717) is 24.9 Å². The quantitative estimate of drug-likeness (QED) is 0.626. The van der Waals surface area contributed by atoms with Crippen LogP contribution in [0.1, 0.15) is 29.4 Å². The van der Waals surface area contributed by atoms with Crippen LogP contribution in [0.15, 0.2) is 41.6 Å². The monoisotopic (exact) mass is 420 g/mol. The average Bonchev–Trinajstić information content (AvgIpc) is 3.29. The van der Waals surface area contributed by atoms with E-state index in [4.69, 9.17) is 0 Å². The summed E-state index contributed by atoms with van der Waals surface area (Å²) < 4.78 is 2.01. The molecule has 31 heavy (non-hydrogen) atoms. The number of rotatable bonds is 6. The second-order valence-electron chi connectivity index (χ2n) is 8.60. The Hall–Kier alpha value is -3.20. The summed E-state index contributed by atoms with van der Waals surface area (Å²) in [5.74, 6) is 3.22. The fourth-order valence-electron chi connectivity index (χ4n) is 4.90. The second-order valence-corrected chi connectivity index (χ2v) is 8.60. The summed E-state index contributed by atoms with van der Waals surface area (Å²) in [5.41, 5.74) is 2.10. The summed E-state index contributed by atoms with van der Waals surface area (Å²) in [6, 6.07) is 6.02. The zero-order valence-corrected chi connectivity index (χ0v) is 18.0. The van der Waals surface area contributed by atoms with E-state index in [1.807, 2.05) is 37.0 Å². The Balaban J connectivity index is 1.35. The van der Waals surface area contributed by atoms with E-state index in [1.165, 1.54) is 0 Å².